The predicted octanol–water partition coefficient (Wildman–Crippen LogP) is 2.62. The summed E-state index contributed by atoms with van der Waals surface area (Å²) in [6, 6.07) is 4.06. The van der Waals surface area contributed by atoms with Crippen LogP contribution >= 0.6 is 0 Å². The van der Waals surface area contributed by atoms with Crippen molar-refractivity contribution in [2.45, 2.75) is 38.3 Å². The lowest BCUT2D eigenvalue weighted by molar-refractivity contribution is 0.126. The molecule has 0 saturated carbocycles. The van der Waals surface area contributed by atoms with Crippen LogP contribution in [0.5, 0.6) is 0 Å². The van der Waals surface area contributed by atoms with E-state index in [0.29, 0.717) is 12.1 Å². The minimum absolute atomic E-state index is 0.394. The highest BCUT2D eigenvalue weighted by atomic mass is 16.5. The van der Waals surface area contributed by atoms with E-state index in [0.717, 1.165) is 43.8 Å². The molecule has 0 bridgehead atoms. The lowest BCUT2D eigenvalue weighted by atomic mass is 10.0. The van der Waals surface area contributed by atoms with Crippen LogP contribution in [-0.2, 0) is 11.2 Å². The normalized spacial score (nSPS) is 26.8. The number of imidazole rings is 1. The van der Waals surface area contributed by atoms with Crippen LogP contribution in [0.1, 0.15) is 37.7 Å². The second-order valence-electron chi connectivity index (χ2n) is 6.63. The van der Waals surface area contributed by atoms with Gasteiger partial charge in [-0.2, -0.15) is 0 Å². The monoisotopic (exact) mass is 300 g/mol. The van der Waals surface area contributed by atoms with Crippen molar-refractivity contribution in [3.8, 4) is 0 Å². The maximum Gasteiger partial charge on any atom is 0.161 e. The molecule has 2 saturated heterocycles. The zero-order chi connectivity index (χ0) is 14.9. The number of pyridine rings is 1. The molecule has 5 nitrogen and oxygen atoms in total. The number of likely N-dealkylation sites (tertiary alicyclic amines) is 1. The summed E-state index contributed by atoms with van der Waals surface area (Å²) in [7, 11) is 2.22. The molecule has 5 heteroatoms. The van der Waals surface area contributed by atoms with Gasteiger partial charge in [-0.3, -0.25) is 9.47 Å². The Kier molecular flexibility index (Phi) is 3.84. The first kappa shape index (κ1) is 14.2. The summed E-state index contributed by atoms with van der Waals surface area (Å²) >= 11 is 0. The number of hydrogen-bond donors (Lipinski definition) is 0. The van der Waals surface area contributed by atoms with Crippen LogP contribution in [0.15, 0.2) is 18.3 Å². The Morgan fingerprint density at radius 3 is 3.09 bits per heavy atom. The standard InChI is InChI=1S/C17H24N4O/c1-20-9-3-2-6-16(20)21-15(11-13-7-10-22-12-13)19-14-5-4-8-18-17(14)21/h4-5,8,13,16H,2-3,6-7,9-12H2,1H3. The molecule has 22 heavy (non-hydrogen) atoms. The van der Waals surface area contributed by atoms with Gasteiger partial charge in [0.25, 0.3) is 0 Å². The van der Waals surface area contributed by atoms with Crippen LogP contribution in [0.2, 0.25) is 0 Å². The summed E-state index contributed by atoms with van der Waals surface area (Å²) < 4.78 is 7.94. The number of piperidine rings is 1. The fraction of sp³-hybridized carbons (Fsp3) is 0.647. The molecule has 0 spiro atoms. The van der Waals surface area contributed by atoms with Crippen LogP contribution in [0, 0.1) is 5.92 Å². The second-order valence-corrected chi connectivity index (χ2v) is 6.63. The van der Waals surface area contributed by atoms with E-state index >= 15 is 0 Å². The first-order chi connectivity index (χ1) is 10.8. The van der Waals surface area contributed by atoms with E-state index in [2.05, 4.69) is 27.6 Å². The molecule has 2 unspecified atom stereocenters. The lowest BCUT2D eigenvalue weighted by Crippen LogP contribution is -2.34. The quantitative estimate of drug-likeness (QED) is 0.874. The van der Waals surface area contributed by atoms with Crippen LogP contribution < -0.4 is 0 Å². The zero-order valence-electron chi connectivity index (χ0n) is 13.2. The molecule has 4 heterocycles. The first-order valence-corrected chi connectivity index (χ1v) is 8.43. The fourth-order valence-corrected chi connectivity index (χ4v) is 3.82. The number of ether oxygens (including phenoxy) is 1. The van der Waals surface area contributed by atoms with Gasteiger partial charge in [0.15, 0.2) is 5.65 Å². The molecule has 2 atom stereocenters. The minimum atomic E-state index is 0.394. The Labute approximate surface area is 131 Å². The molecule has 0 aromatic carbocycles. The van der Waals surface area contributed by atoms with Crippen molar-refractivity contribution in [2.24, 2.45) is 5.92 Å². The second kappa shape index (κ2) is 5.97. The Morgan fingerprint density at radius 1 is 1.32 bits per heavy atom. The van der Waals surface area contributed by atoms with Gasteiger partial charge in [0.1, 0.15) is 11.3 Å². The molecule has 2 fully saturated rings. The third-order valence-electron chi connectivity index (χ3n) is 5.05. The molecule has 2 aromatic heterocycles. The molecule has 0 aliphatic carbocycles. The van der Waals surface area contributed by atoms with Crippen molar-refractivity contribution < 1.29 is 4.74 Å². The summed E-state index contributed by atoms with van der Waals surface area (Å²) in [6.45, 7) is 2.92. The topological polar surface area (TPSA) is 43.2 Å². The van der Waals surface area contributed by atoms with Gasteiger partial charge < -0.3 is 4.74 Å². The summed E-state index contributed by atoms with van der Waals surface area (Å²) in [5, 5.41) is 0. The van der Waals surface area contributed by atoms with Gasteiger partial charge in [0, 0.05) is 25.8 Å². The maximum absolute atomic E-state index is 5.55. The van der Waals surface area contributed by atoms with Crippen LogP contribution in [0.3, 0.4) is 0 Å². The molecule has 2 aliphatic heterocycles. The molecule has 4 rings (SSSR count). The van der Waals surface area contributed by atoms with E-state index < -0.39 is 0 Å². The van der Waals surface area contributed by atoms with Crippen LogP contribution in [0.4, 0.5) is 0 Å². The molecular weight excluding hydrogens is 276 g/mol. The molecule has 0 amide bonds. The molecule has 2 aliphatic rings. The van der Waals surface area contributed by atoms with Crippen molar-refractivity contribution in [3.05, 3.63) is 24.2 Å². The largest absolute Gasteiger partial charge is 0.381 e. The highest BCUT2D eigenvalue weighted by Gasteiger charge is 2.27. The molecular formula is C17H24N4O. The summed E-state index contributed by atoms with van der Waals surface area (Å²) in [5.74, 6) is 1.78. The van der Waals surface area contributed by atoms with E-state index in [4.69, 9.17) is 9.72 Å². The van der Waals surface area contributed by atoms with E-state index in [-0.39, 0.29) is 0 Å². The summed E-state index contributed by atoms with van der Waals surface area (Å²) in [6.07, 6.45) is 8.19. The Hall–Kier alpha value is -1.46. The van der Waals surface area contributed by atoms with Gasteiger partial charge in [0.05, 0.1) is 6.17 Å². The Bertz CT molecular complexity index is 647. The average molecular weight is 300 g/mol. The van der Waals surface area contributed by atoms with Crippen LogP contribution in [-0.4, -0.2) is 46.2 Å². The van der Waals surface area contributed by atoms with Gasteiger partial charge in [-0.1, -0.05) is 0 Å². The maximum atomic E-state index is 5.55. The Morgan fingerprint density at radius 2 is 2.27 bits per heavy atom. The van der Waals surface area contributed by atoms with Crippen molar-refractivity contribution >= 4 is 11.2 Å². The van der Waals surface area contributed by atoms with E-state index in [1.165, 1.54) is 25.1 Å². The van der Waals surface area contributed by atoms with Crippen molar-refractivity contribution in [1.29, 1.82) is 0 Å². The van der Waals surface area contributed by atoms with E-state index in [1.807, 2.05) is 12.3 Å². The SMILES string of the molecule is CN1CCCCC1n1c(CC2CCOC2)nc2cccnc21. The average Bonchev–Trinajstić information content (AvgIpc) is 3.16. The smallest absolute Gasteiger partial charge is 0.161 e. The summed E-state index contributed by atoms with van der Waals surface area (Å²) in [5.41, 5.74) is 2.06. The molecule has 0 N–H and O–H groups in total. The van der Waals surface area contributed by atoms with Gasteiger partial charge in [-0.05, 0) is 57.3 Å². The van der Waals surface area contributed by atoms with Crippen LogP contribution in [0.25, 0.3) is 11.2 Å². The Balaban J connectivity index is 1.75. The van der Waals surface area contributed by atoms with Crippen molar-refractivity contribution in [1.82, 2.24) is 19.4 Å². The predicted molar refractivity (Wildman–Crippen MR) is 85.7 cm³/mol. The molecule has 0 radical (unpaired) electrons. The first-order valence-electron chi connectivity index (χ1n) is 8.43. The number of fused-ring (bicyclic) bond motifs is 1. The van der Waals surface area contributed by atoms with Gasteiger partial charge in [0.2, 0.25) is 0 Å². The number of aromatic nitrogens is 3. The fourth-order valence-electron chi connectivity index (χ4n) is 3.82. The minimum Gasteiger partial charge on any atom is -0.381 e. The summed E-state index contributed by atoms with van der Waals surface area (Å²) in [4.78, 5) is 12.0. The van der Waals surface area contributed by atoms with Gasteiger partial charge in [-0.15, -0.1) is 0 Å². The van der Waals surface area contributed by atoms with E-state index in [1.54, 1.807) is 0 Å². The van der Waals surface area contributed by atoms with Crippen molar-refractivity contribution in [3.63, 3.8) is 0 Å². The highest BCUT2D eigenvalue weighted by molar-refractivity contribution is 5.71. The number of rotatable bonds is 3. The number of hydrogen-bond acceptors (Lipinski definition) is 4. The third-order valence-corrected chi connectivity index (χ3v) is 5.05. The highest BCUT2D eigenvalue weighted by Crippen LogP contribution is 2.30. The third kappa shape index (κ3) is 2.52. The van der Waals surface area contributed by atoms with Gasteiger partial charge >= 0.3 is 0 Å². The molecule has 118 valence electrons. The van der Waals surface area contributed by atoms with Gasteiger partial charge in [-0.25, -0.2) is 9.97 Å². The lowest BCUT2D eigenvalue weighted by Gasteiger charge is -2.34. The van der Waals surface area contributed by atoms with Crippen molar-refractivity contribution in [2.75, 3.05) is 26.8 Å². The van der Waals surface area contributed by atoms with E-state index in [9.17, 15) is 0 Å². The number of nitrogens with zero attached hydrogens (tertiary/aromatic N) is 4. The molecule has 2 aromatic rings. The zero-order valence-corrected chi connectivity index (χ0v) is 13.2.